The smallest absolute Gasteiger partial charge is 0.416 e. The van der Waals surface area contributed by atoms with Crippen molar-refractivity contribution in [3.8, 4) is 5.75 Å². The summed E-state index contributed by atoms with van der Waals surface area (Å²) in [4.78, 5) is 60.1. The second-order valence-electron chi connectivity index (χ2n) is 12.9. The lowest BCUT2D eigenvalue weighted by molar-refractivity contribution is -0.157. The van der Waals surface area contributed by atoms with E-state index in [1.54, 1.807) is 43.8 Å². The Balaban J connectivity index is 1.84. The topological polar surface area (TPSA) is 147 Å². The van der Waals surface area contributed by atoms with Crippen LogP contribution in [0.2, 0.25) is 0 Å². The van der Waals surface area contributed by atoms with Crippen molar-refractivity contribution in [3.05, 3.63) is 52.6 Å². The lowest BCUT2D eigenvalue weighted by atomic mass is 10.1. The number of alkyl carbamates (subject to hydrolysis) is 1. The van der Waals surface area contributed by atoms with E-state index in [0.29, 0.717) is 12.6 Å². The highest BCUT2D eigenvalue weighted by atomic mass is 32.1. The van der Waals surface area contributed by atoms with Crippen molar-refractivity contribution in [2.45, 2.75) is 98.2 Å². The monoisotopic (exact) mass is 724 g/mol. The minimum Gasteiger partial charge on any atom is -0.489 e. The Morgan fingerprint density at radius 3 is 2.42 bits per heavy atom. The predicted octanol–water partition coefficient (Wildman–Crippen LogP) is 6.45. The van der Waals surface area contributed by atoms with Crippen LogP contribution in [0.1, 0.15) is 83.7 Å². The van der Waals surface area contributed by atoms with Crippen molar-refractivity contribution in [1.29, 1.82) is 0 Å². The first-order valence-electron chi connectivity index (χ1n) is 16.1. The summed E-state index contributed by atoms with van der Waals surface area (Å²) in [7, 11) is 0. The number of alkyl halides is 3. The molecular weight excluding hydrogens is 681 g/mol. The summed E-state index contributed by atoms with van der Waals surface area (Å²) in [5.74, 6) is -2.94. The van der Waals surface area contributed by atoms with Crippen molar-refractivity contribution in [3.63, 3.8) is 0 Å². The molecule has 50 heavy (non-hydrogen) atoms. The fourth-order valence-corrected chi connectivity index (χ4v) is 5.35. The second kappa shape index (κ2) is 17.5. The second-order valence-corrected chi connectivity index (χ2v) is 13.9. The van der Waals surface area contributed by atoms with Gasteiger partial charge in [-0.15, -0.1) is 0 Å². The van der Waals surface area contributed by atoms with Crippen LogP contribution in [0, 0.1) is 5.92 Å². The molecule has 16 heteroatoms. The molecule has 0 aliphatic rings. The normalized spacial score (nSPS) is 13.5. The first kappa shape index (κ1) is 40.0. The Labute approximate surface area is 292 Å². The number of carbonyl (C=O) groups is 4. The van der Waals surface area contributed by atoms with Crippen LogP contribution in [0.15, 0.2) is 41.7 Å². The summed E-state index contributed by atoms with van der Waals surface area (Å²) in [6, 6.07) is 2.70. The van der Waals surface area contributed by atoms with Gasteiger partial charge in [-0.2, -0.15) is 18.2 Å². The Morgan fingerprint density at radius 2 is 1.78 bits per heavy atom. The zero-order valence-electron chi connectivity index (χ0n) is 29.1. The van der Waals surface area contributed by atoms with Gasteiger partial charge in [0.05, 0.1) is 40.6 Å². The molecule has 0 spiro atoms. The molecule has 0 bridgehead atoms. The molecule has 2 heterocycles. The molecule has 2 aromatic heterocycles. The van der Waals surface area contributed by atoms with E-state index in [9.17, 15) is 32.3 Å². The molecule has 1 aromatic carbocycles. The van der Waals surface area contributed by atoms with Crippen molar-refractivity contribution in [2.24, 2.45) is 10.9 Å². The number of aromatic nitrogens is 2. The predicted molar refractivity (Wildman–Crippen MR) is 178 cm³/mol. The minimum absolute atomic E-state index is 0.0271. The summed E-state index contributed by atoms with van der Waals surface area (Å²) >= 11 is 1.20. The first-order valence-corrected chi connectivity index (χ1v) is 16.9. The Hall–Kier alpha value is -4.47. The van der Waals surface area contributed by atoms with E-state index in [2.05, 4.69) is 15.3 Å². The molecule has 0 saturated heterocycles. The Bertz CT molecular complexity index is 1730. The van der Waals surface area contributed by atoms with E-state index in [4.69, 9.17) is 18.9 Å². The molecule has 0 fully saturated rings. The number of benzene rings is 1. The molecule has 274 valence electrons. The number of thiazole rings is 1. The third-order valence-corrected chi connectivity index (χ3v) is 7.73. The number of esters is 2. The van der Waals surface area contributed by atoms with Crippen LogP contribution in [0.3, 0.4) is 0 Å². The SMILES string of the molecule is CCCCn1c(=NC(=O)c2cc(C(F)(F)F)ccc2OC[C@H](C)OC(=O)C(CC(=O)OCC(C)C)NC(=O)OC(C)(C)C)sc2ccncc21. The molecule has 3 rings (SSSR count). The van der Waals surface area contributed by atoms with Gasteiger partial charge in [0.1, 0.15) is 30.1 Å². The number of nitrogens with zero attached hydrogens (tertiary/aromatic N) is 3. The van der Waals surface area contributed by atoms with Crippen LogP contribution < -0.4 is 14.9 Å². The highest BCUT2D eigenvalue weighted by molar-refractivity contribution is 7.16. The van der Waals surface area contributed by atoms with Gasteiger partial charge in [-0.25, -0.2) is 9.59 Å². The third kappa shape index (κ3) is 12.1. The maximum atomic E-state index is 13.7. The maximum Gasteiger partial charge on any atom is 0.416 e. The Morgan fingerprint density at radius 1 is 1.06 bits per heavy atom. The molecule has 0 saturated carbocycles. The van der Waals surface area contributed by atoms with Gasteiger partial charge in [0, 0.05) is 12.7 Å². The van der Waals surface area contributed by atoms with E-state index < -0.39 is 72.0 Å². The van der Waals surface area contributed by atoms with Gasteiger partial charge in [0.15, 0.2) is 4.80 Å². The lowest BCUT2D eigenvalue weighted by Crippen LogP contribution is -2.46. The number of hydrogen-bond acceptors (Lipinski definition) is 10. The third-order valence-electron chi connectivity index (χ3n) is 6.67. The lowest BCUT2D eigenvalue weighted by Gasteiger charge is -2.24. The number of unbranched alkanes of at least 4 members (excludes halogenated alkanes) is 1. The maximum absolute atomic E-state index is 13.7. The largest absolute Gasteiger partial charge is 0.489 e. The molecule has 2 atom stereocenters. The number of aryl methyl sites for hydroxylation is 1. The first-order chi connectivity index (χ1) is 23.4. The van der Waals surface area contributed by atoms with Gasteiger partial charge in [0.2, 0.25) is 0 Å². The van der Waals surface area contributed by atoms with Gasteiger partial charge >= 0.3 is 24.2 Å². The van der Waals surface area contributed by atoms with Gasteiger partial charge in [-0.05, 0) is 64.3 Å². The van der Waals surface area contributed by atoms with Gasteiger partial charge in [0.25, 0.3) is 5.91 Å². The zero-order valence-corrected chi connectivity index (χ0v) is 29.9. The number of halogens is 3. The van der Waals surface area contributed by atoms with Crippen LogP contribution >= 0.6 is 11.3 Å². The fourth-order valence-electron chi connectivity index (χ4n) is 4.33. The molecule has 0 aliphatic heterocycles. The molecule has 2 amide bonds. The number of amides is 2. The van der Waals surface area contributed by atoms with E-state index in [1.165, 1.54) is 18.3 Å². The van der Waals surface area contributed by atoms with Crippen LogP contribution in [-0.4, -0.2) is 64.5 Å². The molecular formula is C34H43F3N4O8S. The van der Waals surface area contributed by atoms with Crippen LogP contribution in [-0.2, 0) is 36.5 Å². The van der Waals surface area contributed by atoms with E-state index in [-0.39, 0.29) is 23.1 Å². The van der Waals surface area contributed by atoms with E-state index >= 15 is 0 Å². The van der Waals surface area contributed by atoms with Gasteiger partial charge < -0.3 is 28.8 Å². The van der Waals surface area contributed by atoms with E-state index in [0.717, 1.165) is 35.2 Å². The number of fused-ring (bicyclic) bond motifs is 1. The minimum atomic E-state index is -4.76. The standard InChI is InChI=1S/C34H43F3N4O8S/c1-8-9-14-41-25-17-38-13-12-27(25)50-31(41)40-29(43)23-15-22(34(35,36)37)10-11-26(23)46-19-21(4)48-30(44)24(16-28(42)47-18-20(2)3)39-32(45)49-33(5,6)7/h10-13,15,17,20-21,24H,8-9,14,16,18-19H2,1-7H3,(H,39,45)/t21-,24?/m0/s1. The zero-order chi connectivity index (χ0) is 37.2. The van der Waals surface area contributed by atoms with Crippen LogP contribution in [0.25, 0.3) is 10.2 Å². The summed E-state index contributed by atoms with van der Waals surface area (Å²) in [6.07, 6.45) is -2.48. The number of rotatable bonds is 14. The van der Waals surface area contributed by atoms with Crippen molar-refractivity contribution >= 4 is 45.5 Å². The molecule has 0 radical (unpaired) electrons. The Kier molecular flexibility index (Phi) is 14.0. The van der Waals surface area contributed by atoms with Crippen molar-refractivity contribution < 1.29 is 51.3 Å². The van der Waals surface area contributed by atoms with Crippen molar-refractivity contribution in [2.75, 3.05) is 13.2 Å². The average Bonchev–Trinajstić information content (AvgIpc) is 3.36. The number of nitrogens with one attached hydrogen (secondary N) is 1. The van der Waals surface area contributed by atoms with Gasteiger partial charge in [-0.1, -0.05) is 38.5 Å². The quantitative estimate of drug-likeness (QED) is 0.146. The average molecular weight is 725 g/mol. The molecule has 0 aliphatic carbocycles. The number of pyridine rings is 1. The van der Waals surface area contributed by atoms with Crippen molar-refractivity contribution in [1.82, 2.24) is 14.9 Å². The number of carbonyl (C=O) groups excluding carboxylic acids is 4. The molecule has 1 N–H and O–H groups in total. The fraction of sp³-hybridized carbons (Fsp3) is 0.529. The van der Waals surface area contributed by atoms with E-state index in [1.807, 2.05) is 20.8 Å². The van der Waals surface area contributed by atoms with Crippen LogP contribution in [0.4, 0.5) is 18.0 Å². The van der Waals surface area contributed by atoms with Crippen LogP contribution in [0.5, 0.6) is 5.75 Å². The van der Waals surface area contributed by atoms with Gasteiger partial charge in [-0.3, -0.25) is 14.6 Å². The highest BCUT2D eigenvalue weighted by Gasteiger charge is 2.33. The summed E-state index contributed by atoms with van der Waals surface area (Å²) in [5.41, 5.74) is -1.69. The molecule has 3 aromatic rings. The highest BCUT2D eigenvalue weighted by Crippen LogP contribution is 2.33. The molecule has 1 unspecified atom stereocenters. The molecule has 12 nitrogen and oxygen atoms in total. The summed E-state index contributed by atoms with van der Waals surface area (Å²) in [5, 5.41) is 2.32. The summed E-state index contributed by atoms with van der Waals surface area (Å²) in [6.45, 7) is 12.1. The number of ether oxygens (including phenoxy) is 4. The number of hydrogen-bond donors (Lipinski definition) is 1. The summed E-state index contributed by atoms with van der Waals surface area (Å²) < 4.78 is 65.2.